The summed E-state index contributed by atoms with van der Waals surface area (Å²) in [5.74, 6) is 1.77. The molecule has 0 spiro atoms. The van der Waals surface area contributed by atoms with E-state index in [0.29, 0.717) is 6.54 Å². The smallest absolute Gasteiger partial charge is 0.400 e. The van der Waals surface area contributed by atoms with E-state index < -0.39 is 10.2 Å². The van der Waals surface area contributed by atoms with Crippen molar-refractivity contribution in [1.29, 1.82) is 0 Å². The molecule has 5 rings (SSSR count). The van der Waals surface area contributed by atoms with Crippen LogP contribution < -0.4 is 4.90 Å². The molecule has 0 saturated carbocycles. The molecular weight excluding hydrogens is 553 g/mol. The molecule has 5 aromatic rings. The molecule has 1 radical (unpaired) electrons. The van der Waals surface area contributed by atoms with Gasteiger partial charge in [0.25, 0.3) is 0 Å². The first-order valence-corrected chi connectivity index (χ1v) is 10.9. The van der Waals surface area contributed by atoms with Crippen LogP contribution in [0.5, 0.6) is 0 Å². The van der Waals surface area contributed by atoms with Crippen molar-refractivity contribution in [2.24, 2.45) is 0 Å². The zero-order valence-corrected chi connectivity index (χ0v) is 21.5. The Hall–Kier alpha value is -4.85. The molecule has 0 aliphatic carbocycles. The molecule has 0 aliphatic heterocycles. The van der Waals surface area contributed by atoms with Crippen LogP contribution in [0, 0.1) is 30.6 Å². The number of pyridine rings is 2. The zero-order chi connectivity index (χ0) is 27.9. The van der Waals surface area contributed by atoms with Crippen LogP contribution in [0.3, 0.4) is 0 Å². The van der Waals surface area contributed by atoms with E-state index in [2.05, 4.69) is 69.5 Å². The van der Waals surface area contributed by atoms with Gasteiger partial charge in [-0.15, -0.1) is 0 Å². The number of anilines is 2. The standard InChI is InChI=1S/C25H19N3.CH4O.Co.2NO3/c1-3-11-21-19(9-1)17-20-10-2-4-12-22(20)23(21)18-28(24-13-5-7-15-26-24)25-14-6-8-16-27-25;1-2;;2*2-1(3)4/h1-17H,18H2;2H,1H3;;;/q;;+2;2*-1. The molecule has 0 atom stereocenters. The van der Waals surface area contributed by atoms with Gasteiger partial charge in [-0.25, -0.2) is 9.97 Å². The number of hydrogen-bond acceptors (Lipinski definition) is 10. The van der Waals surface area contributed by atoms with Gasteiger partial charge in [0.05, 0.1) is 16.7 Å². The molecule has 3 aromatic carbocycles. The SMILES string of the molecule is CO.O=[N+]([O-])[O-].O=[N+]([O-])[O-].[Co+2].c1ccc(N(Cc2c3ccccc3cc3ccccc23)c2ccccn2)nc1. The van der Waals surface area contributed by atoms with Crippen LogP contribution in [0.1, 0.15) is 5.56 Å². The second kappa shape index (κ2) is 16.8. The van der Waals surface area contributed by atoms with Gasteiger partial charge in [-0.05, 0) is 57.4 Å². The van der Waals surface area contributed by atoms with Gasteiger partial charge in [0.15, 0.2) is 0 Å². The number of nitrogens with zero attached hydrogens (tertiary/aromatic N) is 5. The molecule has 0 fully saturated rings. The summed E-state index contributed by atoms with van der Waals surface area (Å²) in [5, 5.41) is 41.5. The van der Waals surface area contributed by atoms with Gasteiger partial charge in [0, 0.05) is 19.5 Å². The predicted octanol–water partition coefficient (Wildman–Crippen LogP) is 5.25. The predicted molar refractivity (Wildman–Crippen MR) is 145 cm³/mol. The zero-order valence-electron chi connectivity index (χ0n) is 20.5. The quantitative estimate of drug-likeness (QED) is 0.168. The van der Waals surface area contributed by atoms with Crippen molar-refractivity contribution in [3.8, 4) is 0 Å². The van der Waals surface area contributed by atoms with E-state index in [1.807, 2.05) is 48.8 Å². The molecule has 0 aliphatic rings. The number of hydrogen-bond donors (Lipinski definition) is 1. The van der Waals surface area contributed by atoms with Crippen LogP contribution in [0.4, 0.5) is 11.6 Å². The van der Waals surface area contributed by atoms with E-state index in [1.165, 1.54) is 27.1 Å². The molecule has 1 N–H and O–H groups in total. The van der Waals surface area contributed by atoms with Crippen LogP contribution in [0.25, 0.3) is 21.5 Å². The van der Waals surface area contributed by atoms with E-state index in [-0.39, 0.29) is 16.8 Å². The third kappa shape index (κ3) is 9.85. The van der Waals surface area contributed by atoms with Crippen molar-refractivity contribution in [1.82, 2.24) is 9.97 Å². The number of aromatic nitrogens is 2. The summed E-state index contributed by atoms with van der Waals surface area (Å²) in [4.78, 5) is 27.9. The largest absolute Gasteiger partial charge is 2.00 e. The minimum atomic E-state index is -1.75. The Bertz CT molecular complexity index is 1350. The second-order valence-corrected chi connectivity index (χ2v) is 7.21. The Kier molecular flexibility index (Phi) is 13.9. The monoisotopic (exact) mass is 576 g/mol. The maximum atomic E-state index is 8.25. The fourth-order valence-electron chi connectivity index (χ4n) is 3.74. The summed E-state index contributed by atoms with van der Waals surface area (Å²) in [6.07, 6.45) is 3.65. The Morgan fingerprint density at radius 1 is 0.667 bits per heavy atom. The fraction of sp³-hybridized carbons (Fsp3) is 0.0769. The topological polar surface area (TPSA) is 182 Å². The number of aliphatic hydroxyl groups is 1. The van der Waals surface area contributed by atoms with Crippen LogP contribution in [-0.2, 0) is 23.3 Å². The average molecular weight is 576 g/mol. The first-order valence-electron chi connectivity index (χ1n) is 10.9. The molecule has 2 heterocycles. The number of benzene rings is 3. The number of rotatable bonds is 4. The Morgan fingerprint density at radius 3 is 1.38 bits per heavy atom. The number of aliphatic hydroxyl groups excluding tert-OH is 1. The second-order valence-electron chi connectivity index (χ2n) is 7.21. The van der Waals surface area contributed by atoms with Gasteiger partial charge >= 0.3 is 16.8 Å². The van der Waals surface area contributed by atoms with Gasteiger partial charge in [-0.2, -0.15) is 0 Å². The van der Waals surface area contributed by atoms with E-state index >= 15 is 0 Å². The average Bonchev–Trinajstić information content (AvgIpc) is 2.92. The van der Waals surface area contributed by atoms with E-state index in [1.54, 1.807) is 0 Å². The minimum Gasteiger partial charge on any atom is -0.400 e. The first kappa shape index (κ1) is 32.2. The van der Waals surface area contributed by atoms with Crippen LogP contribution >= 0.6 is 0 Å². The maximum absolute atomic E-state index is 8.25. The van der Waals surface area contributed by atoms with Crippen molar-refractivity contribution < 1.29 is 32.1 Å². The summed E-state index contributed by atoms with van der Waals surface area (Å²) in [7, 11) is 1.00. The summed E-state index contributed by atoms with van der Waals surface area (Å²) < 4.78 is 0. The van der Waals surface area contributed by atoms with Crippen LogP contribution in [-0.4, -0.2) is 32.4 Å². The van der Waals surface area contributed by atoms with Gasteiger partial charge in [0.1, 0.15) is 11.6 Å². The third-order valence-electron chi connectivity index (χ3n) is 5.05. The van der Waals surface area contributed by atoms with Crippen molar-refractivity contribution >= 4 is 33.2 Å². The third-order valence-corrected chi connectivity index (χ3v) is 5.05. The van der Waals surface area contributed by atoms with Crippen molar-refractivity contribution in [3.05, 3.63) is 140 Å². The van der Waals surface area contributed by atoms with Crippen molar-refractivity contribution in [2.75, 3.05) is 12.0 Å². The summed E-state index contributed by atoms with van der Waals surface area (Å²) in [6, 6.07) is 31.4. The van der Waals surface area contributed by atoms with Gasteiger partial charge in [-0.3, -0.25) is 0 Å². The van der Waals surface area contributed by atoms with Crippen molar-refractivity contribution in [3.63, 3.8) is 0 Å². The first-order chi connectivity index (χ1) is 18.4. The summed E-state index contributed by atoms with van der Waals surface area (Å²) >= 11 is 0. The Balaban J connectivity index is 0.000000606. The maximum Gasteiger partial charge on any atom is 2.00 e. The van der Waals surface area contributed by atoms with Crippen LogP contribution in [0.2, 0.25) is 0 Å². The Morgan fingerprint density at radius 2 is 1.03 bits per heavy atom. The van der Waals surface area contributed by atoms with Gasteiger partial charge < -0.3 is 40.6 Å². The van der Waals surface area contributed by atoms with Gasteiger partial charge in [-0.1, -0.05) is 60.7 Å². The Labute approximate surface area is 233 Å². The molecule has 39 heavy (non-hydrogen) atoms. The molecule has 203 valence electrons. The molecule has 13 heteroatoms. The van der Waals surface area contributed by atoms with E-state index in [4.69, 9.17) is 35.7 Å². The molecule has 0 saturated heterocycles. The normalized spacial score (nSPS) is 9.28. The fourth-order valence-corrected chi connectivity index (χ4v) is 3.74. The molecule has 0 unspecified atom stereocenters. The molecule has 2 aromatic heterocycles. The summed E-state index contributed by atoms with van der Waals surface area (Å²) in [5.41, 5.74) is 1.28. The minimum absolute atomic E-state index is 0. The van der Waals surface area contributed by atoms with E-state index in [0.717, 1.165) is 18.7 Å². The summed E-state index contributed by atoms with van der Waals surface area (Å²) in [6.45, 7) is 0.690. The molecule has 0 bridgehead atoms. The molecule has 12 nitrogen and oxygen atoms in total. The van der Waals surface area contributed by atoms with Gasteiger partial charge in [0.2, 0.25) is 0 Å². The molecular formula is C26H23CoN5O7. The van der Waals surface area contributed by atoms with E-state index in [9.17, 15) is 0 Å². The number of fused-ring (bicyclic) bond motifs is 2. The van der Waals surface area contributed by atoms with Crippen LogP contribution in [0.15, 0.2) is 103 Å². The molecule has 0 amide bonds. The van der Waals surface area contributed by atoms with Crippen molar-refractivity contribution in [2.45, 2.75) is 6.54 Å².